The van der Waals surface area contributed by atoms with Gasteiger partial charge < -0.3 is 19.1 Å². The van der Waals surface area contributed by atoms with E-state index in [1.54, 1.807) is 23.5 Å². The number of carbonyl (C=O) groups excluding carboxylic acids is 1. The highest BCUT2D eigenvalue weighted by Crippen LogP contribution is 2.34. The first kappa shape index (κ1) is 15.7. The Morgan fingerprint density at radius 3 is 2.80 bits per heavy atom. The van der Waals surface area contributed by atoms with Crippen molar-refractivity contribution in [2.75, 3.05) is 13.1 Å². The van der Waals surface area contributed by atoms with Crippen LogP contribution in [0.25, 0.3) is 0 Å². The highest BCUT2D eigenvalue weighted by atomic mass is 16.6. The Kier molecular flexibility index (Phi) is 4.13. The van der Waals surface area contributed by atoms with Gasteiger partial charge >= 0.3 is 0 Å². The van der Waals surface area contributed by atoms with E-state index in [1.165, 1.54) is 0 Å². The van der Waals surface area contributed by atoms with Crippen molar-refractivity contribution in [2.45, 2.75) is 31.7 Å². The first-order chi connectivity index (χ1) is 12.2. The lowest BCUT2D eigenvalue weighted by atomic mass is 10.1. The summed E-state index contributed by atoms with van der Waals surface area (Å²) in [5.41, 5.74) is 0. The maximum atomic E-state index is 12.9. The predicted molar refractivity (Wildman–Crippen MR) is 88.6 cm³/mol. The van der Waals surface area contributed by atoms with Gasteiger partial charge in [0.05, 0.1) is 12.7 Å². The molecule has 0 bridgehead atoms. The van der Waals surface area contributed by atoms with Crippen LogP contribution >= 0.6 is 0 Å². The van der Waals surface area contributed by atoms with Crippen molar-refractivity contribution in [1.82, 2.24) is 14.9 Å². The van der Waals surface area contributed by atoms with E-state index in [9.17, 15) is 4.79 Å². The average Bonchev–Trinajstić information content (AvgIpc) is 3.10. The number of rotatable bonds is 3. The standard InChI is InChI=1S/C18H19N3O4/c1-12-17(25-15-5-3-2-4-14(15)23-12)18(22)21-9-6-13(11-21)24-16-10-19-7-8-20-16/h2-5,7-8,10,12-13,17H,6,9,11H2,1H3/t12-,13-,17-/m0/s1. The Bertz CT molecular complexity index is 755. The Morgan fingerprint density at radius 1 is 1.24 bits per heavy atom. The molecule has 0 saturated carbocycles. The van der Waals surface area contributed by atoms with Crippen LogP contribution in [0, 0.1) is 0 Å². The van der Waals surface area contributed by atoms with Crippen molar-refractivity contribution in [3.05, 3.63) is 42.9 Å². The molecule has 0 spiro atoms. The Hall–Kier alpha value is -2.83. The number of benzene rings is 1. The third-order valence-electron chi connectivity index (χ3n) is 4.37. The molecule has 2 aliphatic heterocycles. The van der Waals surface area contributed by atoms with Crippen molar-refractivity contribution < 1.29 is 19.0 Å². The van der Waals surface area contributed by atoms with Crippen LogP contribution in [-0.4, -0.2) is 52.2 Å². The number of hydrogen-bond acceptors (Lipinski definition) is 6. The number of para-hydroxylation sites is 2. The predicted octanol–water partition coefficient (Wildman–Crippen LogP) is 1.68. The highest BCUT2D eigenvalue weighted by Gasteiger charge is 2.39. The van der Waals surface area contributed by atoms with Crippen molar-refractivity contribution in [1.29, 1.82) is 0 Å². The summed E-state index contributed by atoms with van der Waals surface area (Å²) in [6.07, 6.45) is 4.42. The fourth-order valence-corrected chi connectivity index (χ4v) is 3.11. The number of ether oxygens (including phenoxy) is 3. The lowest BCUT2D eigenvalue weighted by Crippen LogP contribution is -2.50. The molecule has 130 valence electrons. The van der Waals surface area contributed by atoms with E-state index >= 15 is 0 Å². The molecule has 7 heteroatoms. The minimum absolute atomic E-state index is 0.0766. The molecule has 7 nitrogen and oxygen atoms in total. The molecular formula is C18H19N3O4. The molecule has 2 aromatic rings. The molecule has 1 fully saturated rings. The second kappa shape index (κ2) is 6.58. The minimum Gasteiger partial charge on any atom is -0.482 e. The SMILES string of the molecule is C[C@@H]1Oc2ccccc2O[C@@H]1C(=O)N1CC[C@H](Oc2cnccn2)C1. The van der Waals surface area contributed by atoms with Gasteiger partial charge in [-0.05, 0) is 19.1 Å². The highest BCUT2D eigenvalue weighted by molar-refractivity contribution is 5.82. The van der Waals surface area contributed by atoms with Gasteiger partial charge in [0.15, 0.2) is 11.5 Å². The zero-order valence-corrected chi connectivity index (χ0v) is 13.9. The third-order valence-corrected chi connectivity index (χ3v) is 4.37. The first-order valence-electron chi connectivity index (χ1n) is 8.34. The summed E-state index contributed by atoms with van der Waals surface area (Å²) in [4.78, 5) is 22.7. The van der Waals surface area contributed by atoms with Crippen LogP contribution in [0.4, 0.5) is 0 Å². The van der Waals surface area contributed by atoms with Crippen LogP contribution < -0.4 is 14.2 Å². The molecule has 0 unspecified atom stereocenters. The van der Waals surface area contributed by atoms with Crippen LogP contribution in [0.1, 0.15) is 13.3 Å². The molecule has 0 radical (unpaired) electrons. The van der Waals surface area contributed by atoms with Gasteiger partial charge in [-0.25, -0.2) is 4.98 Å². The second-order valence-corrected chi connectivity index (χ2v) is 6.16. The lowest BCUT2D eigenvalue weighted by Gasteiger charge is -2.33. The smallest absolute Gasteiger partial charge is 0.267 e. The van der Waals surface area contributed by atoms with Crippen LogP contribution in [0.3, 0.4) is 0 Å². The third kappa shape index (κ3) is 3.22. The zero-order chi connectivity index (χ0) is 17.2. The fourth-order valence-electron chi connectivity index (χ4n) is 3.11. The van der Waals surface area contributed by atoms with Gasteiger partial charge in [-0.2, -0.15) is 0 Å². The molecule has 1 aromatic carbocycles. The van der Waals surface area contributed by atoms with Gasteiger partial charge in [0.25, 0.3) is 5.91 Å². The van der Waals surface area contributed by atoms with Gasteiger partial charge in [0.1, 0.15) is 12.2 Å². The summed E-state index contributed by atoms with van der Waals surface area (Å²) in [5, 5.41) is 0. The molecule has 3 atom stereocenters. The maximum Gasteiger partial charge on any atom is 0.267 e. The van der Waals surface area contributed by atoms with Crippen molar-refractivity contribution in [2.24, 2.45) is 0 Å². The normalized spacial score (nSPS) is 24.8. The number of fused-ring (bicyclic) bond motifs is 1. The molecule has 4 rings (SSSR count). The van der Waals surface area contributed by atoms with Crippen LogP contribution in [-0.2, 0) is 4.79 Å². The molecule has 0 aliphatic carbocycles. The molecular weight excluding hydrogens is 322 g/mol. The summed E-state index contributed by atoms with van der Waals surface area (Å²) >= 11 is 0. The largest absolute Gasteiger partial charge is 0.482 e. The Morgan fingerprint density at radius 2 is 2.04 bits per heavy atom. The fraction of sp³-hybridized carbons (Fsp3) is 0.389. The van der Waals surface area contributed by atoms with Gasteiger partial charge in [-0.1, -0.05) is 12.1 Å². The number of carbonyl (C=O) groups is 1. The number of amides is 1. The average molecular weight is 341 g/mol. The summed E-state index contributed by atoms with van der Waals surface area (Å²) < 4.78 is 17.5. The zero-order valence-electron chi connectivity index (χ0n) is 13.9. The van der Waals surface area contributed by atoms with Crippen molar-refractivity contribution in [3.63, 3.8) is 0 Å². The van der Waals surface area contributed by atoms with E-state index in [1.807, 2.05) is 31.2 Å². The van der Waals surface area contributed by atoms with E-state index in [2.05, 4.69) is 9.97 Å². The number of likely N-dealkylation sites (tertiary alicyclic amines) is 1. The van der Waals surface area contributed by atoms with Crippen LogP contribution in [0.15, 0.2) is 42.9 Å². The van der Waals surface area contributed by atoms with E-state index in [0.717, 1.165) is 6.42 Å². The second-order valence-electron chi connectivity index (χ2n) is 6.16. The van der Waals surface area contributed by atoms with Gasteiger partial charge in [0.2, 0.25) is 12.0 Å². The molecule has 3 heterocycles. The van der Waals surface area contributed by atoms with Crippen LogP contribution in [0.2, 0.25) is 0 Å². The monoisotopic (exact) mass is 341 g/mol. The minimum atomic E-state index is -0.648. The molecule has 1 aromatic heterocycles. The Balaban J connectivity index is 1.40. The lowest BCUT2D eigenvalue weighted by molar-refractivity contribution is -0.143. The van der Waals surface area contributed by atoms with E-state index in [0.29, 0.717) is 30.5 Å². The first-order valence-corrected chi connectivity index (χ1v) is 8.34. The summed E-state index contributed by atoms with van der Waals surface area (Å²) in [6, 6.07) is 7.39. The van der Waals surface area contributed by atoms with E-state index < -0.39 is 6.10 Å². The quantitative estimate of drug-likeness (QED) is 0.846. The molecule has 25 heavy (non-hydrogen) atoms. The Labute approximate surface area is 145 Å². The van der Waals surface area contributed by atoms with Gasteiger partial charge in [-0.15, -0.1) is 0 Å². The molecule has 1 saturated heterocycles. The van der Waals surface area contributed by atoms with Crippen molar-refractivity contribution in [3.8, 4) is 17.4 Å². The van der Waals surface area contributed by atoms with E-state index in [-0.39, 0.29) is 18.1 Å². The maximum absolute atomic E-state index is 12.9. The van der Waals surface area contributed by atoms with Gasteiger partial charge in [0, 0.05) is 25.4 Å². The topological polar surface area (TPSA) is 73.8 Å². The number of nitrogens with zero attached hydrogens (tertiary/aromatic N) is 3. The summed E-state index contributed by atoms with van der Waals surface area (Å²) in [6.45, 7) is 2.98. The molecule has 1 amide bonds. The number of hydrogen-bond donors (Lipinski definition) is 0. The van der Waals surface area contributed by atoms with Crippen LogP contribution in [0.5, 0.6) is 17.4 Å². The number of aromatic nitrogens is 2. The van der Waals surface area contributed by atoms with E-state index in [4.69, 9.17) is 14.2 Å². The molecule has 2 aliphatic rings. The molecule has 0 N–H and O–H groups in total. The van der Waals surface area contributed by atoms with Crippen molar-refractivity contribution >= 4 is 5.91 Å². The summed E-state index contributed by atoms with van der Waals surface area (Å²) in [7, 11) is 0. The summed E-state index contributed by atoms with van der Waals surface area (Å²) in [5.74, 6) is 1.67. The van der Waals surface area contributed by atoms with Gasteiger partial charge in [-0.3, -0.25) is 9.78 Å².